The molecule has 1 fully saturated rings. The van der Waals surface area contributed by atoms with Gasteiger partial charge in [0.25, 0.3) is 0 Å². The van der Waals surface area contributed by atoms with E-state index in [1.165, 1.54) is 0 Å². The Morgan fingerprint density at radius 2 is 1.95 bits per heavy atom. The number of carbonyl (C=O) groups is 2. The number of carbonyl (C=O) groups excluding carboxylic acids is 1. The fourth-order valence-corrected chi connectivity index (χ4v) is 2.65. The van der Waals surface area contributed by atoms with E-state index in [9.17, 15) is 9.59 Å². The zero-order chi connectivity index (χ0) is 14.6. The molecule has 0 spiro atoms. The van der Waals surface area contributed by atoms with Crippen molar-refractivity contribution < 1.29 is 14.7 Å². The number of carboxylic acids is 1. The topological polar surface area (TPSA) is 83.6 Å². The first-order valence-electron chi connectivity index (χ1n) is 7.10. The van der Waals surface area contributed by atoms with Gasteiger partial charge in [-0.1, -0.05) is 20.3 Å². The van der Waals surface area contributed by atoms with Crippen LogP contribution in [0.25, 0.3) is 0 Å². The van der Waals surface area contributed by atoms with Crippen molar-refractivity contribution in [2.75, 3.05) is 13.1 Å². The van der Waals surface area contributed by atoms with Gasteiger partial charge in [-0.25, -0.2) is 0 Å². The highest BCUT2D eigenvalue weighted by molar-refractivity contribution is 5.80. The fourth-order valence-electron chi connectivity index (χ4n) is 2.65. The number of hydrogen-bond donors (Lipinski definition) is 2. The molecule has 0 bridgehead atoms. The highest BCUT2D eigenvalue weighted by atomic mass is 16.4. The van der Waals surface area contributed by atoms with Crippen LogP contribution in [-0.4, -0.2) is 41.0 Å². The minimum absolute atomic E-state index is 0.0396. The third-order valence-electron chi connectivity index (χ3n) is 3.96. The van der Waals surface area contributed by atoms with Crippen molar-refractivity contribution in [3.63, 3.8) is 0 Å². The third kappa shape index (κ3) is 4.49. The molecule has 110 valence electrons. The van der Waals surface area contributed by atoms with Crippen LogP contribution in [0.5, 0.6) is 0 Å². The van der Waals surface area contributed by atoms with E-state index in [1.807, 2.05) is 20.8 Å². The van der Waals surface area contributed by atoms with Crippen molar-refractivity contribution in [2.24, 2.45) is 23.5 Å². The first kappa shape index (κ1) is 16.0. The van der Waals surface area contributed by atoms with E-state index in [2.05, 4.69) is 0 Å². The van der Waals surface area contributed by atoms with Crippen LogP contribution < -0.4 is 5.73 Å². The number of carboxylic acid groups (broad SMARTS) is 1. The minimum Gasteiger partial charge on any atom is -0.481 e. The second kappa shape index (κ2) is 6.89. The summed E-state index contributed by atoms with van der Waals surface area (Å²) in [4.78, 5) is 25.0. The Hall–Kier alpha value is -1.10. The number of nitrogens with zero attached hydrogens (tertiary/aromatic N) is 1. The molecule has 1 saturated heterocycles. The van der Waals surface area contributed by atoms with Gasteiger partial charge >= 0.3 is 5.97 Å². The van der Waals surface area contributed by atoms with Crippen LogP contribution in [0.4, 0.5) is 0 Å². The van der Waals surface area contributed by atoms with Gasteiger partial charge in [0, 0.05) is 25.0 Å². The van der Waals surface area contributed by atoms with Gasteiger partial charge in [-0.3, -0.25) is 9.59 Å². The number of rotatable bonds is 6. The molecule has 1 amide bonds. The van der Waals surface area contributed by atoms with E-state index < -0.39 is 11.9 Å². The summed E-state index contributed by atoms with van der Waals surface area (Å²) in [5, 5.41) is 9.07. The third-order valence-corrected chi connectivity index (χ3v) is 3.96. The average Bonchev–Trinajstić information content (AvgIpc) is 2.69. The number of likely N-dealkylation sites (tertiary alicyclic amines) is 1. The second-order valence-corrected chi connectivity index (χ2v) is 5.97. The molecule has 0 aliphatic carbocycles. The van der Waals surface area contributed by atoms with E-state index in [0.717, 1.165) is 19.3 Å². The van der Waals surface area contributed by atoms with Crippen molar-refractivity contribution in [2.45, 2.75) is 46.1 Å². The Morgan fingerprint density at radius 3 is 2.42 bits per heavy atom. The number of amides is 1. The maximum Gasteiger partial charge on any atom is 0.308 e. The van der Waals surface area contributed by atoms with Gasteiger partial charge in [-0.05, 0) is 25.7 Å². The van der Waals surface area contributed by atoms with Crippen molar-refractivity contribution in [1.29, 1.82) is 0 Å². The first-order chi connectivity index (χ1) is 8.82. The molecular weight excluding hydrogens is 244 g/mol. The normalized spacial score (nSPS) is 26.2. The minimum atomic E-state index is -0.799. The van der Waals surface area contributed by atoms with Crippen molar-refractivity contribution in [1.82, 2.24) is 4.90 Å². The molecule has 19 heavy (non-hydrogen) atoms. The summed E-state index contributed by atoms with van der Waals surface area (Å²) in [7, 11) is 0. The zero-order valence-electron chi connectivity index (χ0n) is 12.1. The molecule has 4 atom stereocenters. The average molecular weight is 270 g/mol. The maximum atomic E-state index is 12.2. The number of nitrogens with two attached hydrogens (primary N) is 1. The summed E-state index contributed by atoms with van der Waals surface area (Å²) in [6.45, 7) is 6.70. The van der Waals surface area contributed by atoms with Crippen molar-refractivity contribution >= 4 is 11.9 Å². The highest BCUT2D eigenvalue weighted by Crippen LogP contribution is 2.25. The van der Waals surface area contributed by atoms with Gasteiger partial charge < -0.3 is 15.7 Å². The lowest BCUT2D eigenvalue weighted by Crippen LogP contribution is -2.34. The molecule has 0 aromatic rings. The van der Waals surface area contributed by atoms with Gasteiger partial charge in [0.05, 0.1) is 5.92 Å². The molecule has 4 unspecified atom stereocenters. The second-order valence-electron chi connectivity index (χ2n) is 5.97. The molecule has 3 N–H and O–H groups in total. The van der Waals surface area contributed by atoms with Crippen LogP contribution >= 0.6 is 0 Å². The summed E-state index contributed by atoms with van der Waals surface area (Å²) >= 11 is 0. The summed E-state index contributed by atoms with van der Waals surface area (Å²) in [5.74, 6) is -1.14. The van der Waals surface area contributed by atoms with E-state index in [1.54, 1.807) is 4.90 Å². The van der Waals surface area contributed by atoms with Crippen molar-refractivity contribution in [3.8, 4) is 0 Å². The lowest BCUT2D eigenvalue weighted by atomic mass is 9.99. The molecule has 1 heterocycles. The molecule has 5 heteroatoms. The Bertz CT molecular complexity index is 331. The Balaban J connectivity index is 2.43. The van der Waals surface area contributed by atoms with Crippen LogP contribution in [-0.2, 0) is 9.59 Å². The fraction of sp³-hybridized carbons (Fsp3) is 0.857. The van der Waals surface area contributed by atoms with E-state index in [0.29, 0.717) is 13.1 Å². The van der Waals surface area contributed by atoms with Crippen LogP contribution in [0.15, 0.2) is 0 Å². The molecule has 1 aliphatic rings. The molecule has 0 aromatic carbocycles. The van der Waals surface area contributed by atoms with Crippen LogP contribution in [0.2, 0.25) is 0 Å². The van der Waals surface area contributed by atoms with Crippen LogP contribution in [0.3, 0.4) is 0 Å². The SMILES string of the molecule is CC(N)CCCC(C)C(=O)N1CC(C)C(C(=O)O)C1. The van der Waals surface area contributed by atoms with Crippen LogP contribution in [0.1, 0.15) is 40.0 Å². The first-order valence-corrected chi connectivity index (χ1v) is 7.10. The van der Waals surface area contributed by atoms with Gasteiger partial charge in [0.15, 0.2) is 0 Å². The summed E-state index contributed by atoms with van der Waals surface area (Å²) in [5.41, 5.74) is 5.69. The Morgan fingerprint density at radius 1 is 1.32 bits per heavy atom. The summed E-state index contributed by atoms with van der Waals surface area (Å²) in [6, 6.07) is 0.172. The lowest BCUT2D eigenvalue weighted by Gasteiger charge is -2.21. The Kier molecular flexibility index (Phi) is 5.79. The van der Waals surface area contributed by atoms with E-state index in [-0.39, 0.29) is 23.8 Å². The lowest BCUT2D eigenvalue weighted by molar-refractivity contribution is -0.142. The maximum absolute atomic E-state index is 12.2. The van der Waals surface area contributed by atoms with Crippen molar-refractivity contribution in [3.05, 3.63) is 0 Å². The molecular formula is C14H26N2O3. The largest absolute Gasteiger partial charge is 0.481 e. The van der Waals surface area contributed by atoms with E-state index >= 15 is 0 Å². The predicted molar refractivity (Wildman–Crippen MR) is 73.5 cm³/mol. The molecule has 0 saturated carbocycles. The molecule has 0 aromatic heterocycles. The number of aliphatic carboxylic acids is 1. The number of hydrogen-bond acceptors (Lipinski definition) is 3. The standard InChI is InChI=1S/C14H26N2O3/c1-9(5-4-6-11(3)15)13(17)16-7-10(2)12(8-16)14(18)19/h9-12H,4-8,15H2,1-3H3,(H,18,19). The van der Waals surface area contributed by atoms with Gasteiger partial charge in [0.2, 0.25) is 5.91 Å². The smallest absolute Gasteiger partial charge is 0.308 e. The van der Waals surface area contributed by atoms with Gasteiger partial charge in [-0.15, -0.1) is 0 Å². The Labute approximate surface area is 115 Å². The quantitative estimate of drug-likeness (QED) is 0.762. The molecule has 1 rings (SSSR count). The predicted octanol–water partition coefficient (Wildman–Crippen LogP) is 1.32. The summed E-state index contributed by atoms with van der Waals surface area (Å²) < 4.78 is 0. The van der Waals surface area contributed by atoms with Gasteiger partial charge in [0.1, 0.15) is 0 Å². The highest BCUT2D eigenvalue weighted by Gasteiger charge is 2.37. The molecule has 5 nitrogen and oxygen atoms in total. The zero-order valence-corrected chi connectivity index (χ0v) is 12.1. The molecule has 0 radical (unpaired) electrons. The van der Waals surface area contributed by atoms with Gasteiger partial charge in [-0.2, -0.15) is 0 Å². The van der Waals surface area contributed by atoms with E-state index in [4.69, 9.17) is 10.8 Å². The molecule has 1 aliphatic heterocycles. The monoisotopic (exact) mass is 270 g/mol. The van der Waals surface area contributed by atoms with Crippen LogP contribution in [0, 0.1) is 17.8 Å². The summed E-state index contributed by atoms with van der Waals surface area (Å²) in [6.07, 6.45) is 2.69.